The van der Waals surface area contributed by atoms with Gasteiger partial charge in [-0.15, -0.1) is 11.3 Å². The van der Waals surface area contributed by atoms with Crippen LogP contribution in [-0.2, 0) is 4.79 Å². The van der Waals surface area contributed by atoms with E-state index >= 15 is 0 Å². The van der Waals surface area contributed by atoms with E-state index in [9.17, 15) is 4.79 Å². The van der Waals surface area contributed by atoms with Crippen molar-refractivity contribution in [1.82, 2.24) is 9.88 Å². The Kier molecular flexibility index (Phi) is 4.50. The standard InChI is InChI=1S/C13H22N2O2S/c1-8-12(18-10(3)14-8)9(2)15(6)13(4,5)7-11(16)17/h9H,7H2,1-6H3,(H,16,17). The summed E-state index contributed by atoms with van der Waals surface area (Å²) in [6.07, 6.45) is 0.130. The Hall–Kier alpha value is -0.940. The molecule has 4 nitrogen and oxygen atoms in total. The molecule has 1 aromatic heterocycles. The maximum absolute atomic E-state index is 10.9. The zero-order chi connectivity index (χ0) is 14.1. The van der Waals surface area contributed by atoms with Crippen molar-refractivity contribution < 1.29 is 9.90 Å². The van der Waals surface area contributed by atoms with E-state index in [2.05, 4.69) is 16.8 Å². The van der Waals surface area contributed by atoms with Crippen LogP contribution >= 0.6 is 11.3 Å². The first-order chi connectivity index (χ1) is 8.15. The highest BCUT2D eigenvalue weighted by Gasteiger charge is 2.31. The predicted octanol–water partition coefficient (Wildman–Crippen LogP) is 3.01. The van der Waals surface area contributed by atoms with E-state index < -0.39 is 5.97 Å². The van der Waals surface area contributed by atoms with Crippen LogP contribution in [0.2, 0.25) is 0 Å². The first-order valence-electron chi connectivity index (χ1n) is 6.04. The molecule has 1 N–H and O–H groups in total. The van der Waals surface area contributed by atoms with Crippen molar-refractivity contribution in [3.05, 3.63) is 15.6 Å². The van der Waals surface area contributed by atoms with Gasteiger partial charge in [0.05, 0.1) is 17.1 Å². The Bertz CT molecular complexity index is 440. The number of carboxylic acids is 1. The normalized spacial score (nSPS) is 13.9. The molecule has 0 fully saturated rings. The number of carbonyl (C=O) groups is 1. The fourth-order valence-corrected chi connectivity index (χ4v) is 3.15. The van der Waals surface area contributed by atoms with Gasteiger partial charge in [0.2, 0.25) is 0 Å². The molecule has 1 atom stereocenters. The van der Waals surface area contributed by atoms with Gasteiger partial charge in [0, 0.05) is 16.5 Å². The van der Waals surface area contributed by atoms with Crippen molar-refractivity contribution in [2.75, 3.05) is 7.05 Å². The Morgan fingerprint density at radius 1 is 1.50 bits per heavy atom. The fourth-order valence-electron chi connectivity index (χ4n) is 2.13. The van der Waals surface area contributed by atoms with Crippen LogP contribution in [0.1, 0.15) is 48.8 Å². The maximum Gasteiger partial charge on any atom is 0.305 e. The second kappa shape index (κ2) is 5.36. The number of carboxylic acid groups (broad SMARTS) is 1. The van der Waals surface area contributed by atoms with Gasteiger partial charge in [-0.3, -0.25) is 9.69 Å². The highest BCUT2D eigenvalue weighted by atomic mass is 32.1. The van der Waals surface area contributed by atoms with Gasteiger partial charge in [-0.05, 0) is 41.7 Å². The Labute approximate surface area is 113 Å². The maximum atomic E-state index is 10.9. The molecule has 0 saturated carbocycles. The number of aromatic nitrogens is 1. The third kappa shape index (κ3) is 3.29. The van der Waals surface area contributed by atoms with Crippen LogP contribution in [0.25, 0.3) is 0 Å². The first kappa shape index (κ1) is 15.1. The summed E-state index contributed by atoms with van der Waals surface area (Å²) in [5.41, 5.74) is 0.665. The van der Waals surface area contributed by atoms with Gasteiger partial charge >= 0.3 is 5.97 Å². The minimum atomic E-state index is -0.767. The number of hydrogen-bond acceptors (Lipinski definition) is 4. The Morgan fingerprint density at radius 2 is 2.06 bits per heavy atom. The molecule has 0 spiro atoms. The summed E-state index contributed by atoms with van der Waals surface area (Å²) in [6, 6.07) is 0.172. The minimum absolute atomic E-state index is 0.130. The molecule has 18 heavy (non-hydrogen) atoms. The minimum Gasteiger partial charge on any atom is -0.481 e. The molecule has 0 saturated heterocycles. The highest BCUT2D eigenvalue weighted by Crippen LogP contribution is 2.33. The van der Waals surface area contributed by atoms with E-state index in [0.717, 1.165) is 10.7 Å². The summed E-state index contributed by atoms with van der Waals surface area (Å²) >= 11 is 1.69. The van der Waals surface area contributed by atoms with Crippen molar-refractivity contribution in [2.45, 2.75) is 52.6 Å². The second-order valence-corrected chi connectivity index (χ2v) is 6.59. The molecule has 0 aromatic carbocycles. The third-order valence-electron chi connectivity index (χ3n) is 3.44. The van der Waals surface area contributed by atoms with Crippen LogP contribution in [0.4, 0.5) is 0 Å². The van der Waals surface area contributed by atoms with Crippen molar-refractivity contribution in [3.63, 3.8) is 0 Å². The van der Waals surface area contributed by atoms with Crippen molar-refractivity contribution in [1.29, 1.82) is 0 Å². The molecule has 0 bridgehead atoms. The molecule has 0 radical (unpaired) electrons. The Morgan fingerprint density at radius 3 is 2.44 bits per heavy atom. The van der Waals surface area contributed by atoms with Crippen LogP contribution < -0.4 is 0 Å². The molecule has 0 aliphatic heterocycles. The lowest BCUT2D eigenvalue weighted by Gasteiger charge is -2.38. The van der Waals surface area contributed by atoms with E-state index in [0.29, 0.717) is 0 Å². The lowest BCUT2D eigenvalue weighted by molar-refractivity contribution is -0.140. The van der Waals surface area contributed by atoms with Crippen LogP contribution in [0.5, 0.6) is 0 Å². The Balaban J connectivity index is 2.93. The number of thiazole rings is 1. The summed E-state index contributed by atoms with van der Waals surface area (Å²) in [6.45, 7) is 10.0. The van der Waals surface area contributed by atoms with Gasteiger partial charge in [0.1, 0.15) is 0 Å². The summed E-state index contributed by atoms with van der Waals surface area (Å²) in [4.78, 5) is 18.7. The van der Waals surface area contributed by atoms with Gasteiger partial charge in [0.15, 0.2) is 0 Å². The van der Waals surface area contributed by atoms with Gasteiger partial charge in [-0.1, -0.05) is 0 Å². The molecular formula is C13H22N2O2S. The second-order valence-electron chi connectivity index (χ2n) is 5.35. The molecular weight excluding hydrogens is 248 g/mol. The summed E-state index contributed by atoms with van der Waals surface area (Å²) in [7, 11) is 1.97. The molecule has 0 aliphatic carbocycles. The lowest BCUT2D eigenvalue weighted by atomic mass is 9.96. The number of aryl methyl sites for hydroxylation is 2. The zero-order valence-corrected chi connectivity index (χ0v) is 12.8. The summed E-state index contributed by atoms with van der Waals surface area (Å²) in [5, 5.41) is 10.0. The average Bonchev–Trinajstić information content (AvgIpc) is 2.53. The molecule has 0 amide bonds. The van der Waals surface area contributed by atoms with Gasteiger partial charge < -0.3 is 5.11 Å². The molecule has 1 unspecified atom stereocenters. The highest BCUT2D eigenvalue weighted by molar-refractivity contribution is 7.11. The van der Waals surface area contributed by atoms with Crippen LogP contribution in [0.3, 0.4) is 0 Å². The van der Waals surface area contributed by atoms with Crippen LogP contribution in [0, 0.1) is 13.8 Å². The van der Waals surface area contributed by atoms with Gasteiger partial charge in [-0.2, -0.15) is 0 Å². The first-order valence-corrected chi connectivity index (χ1v) is 6.85. The SMILES string of the molecule is Cc1nc(C)c(C(C)N(C)C(C)(C)CC(=O)O)s1. The number of aliphatic carboxylic acids is 1. The number of rotatable bonds is 5. The lowest BCUT2D eigenvalue weighted by Crippen LogP contribution is -2.44. The number of nitrogens with zero attached hydrogens (tertiary/aromatic N) is 2. The summed E-state index contributed by atoms with van der Waals surface area (Å²) in [5.74, 6) is -0.767. The molecule has 5 heteroatoms. The average molecular weight is 270 g/mol. The summed E-state index contributed by atoms with van der Waals surface area (Å²) < 4.78 is 0. The van der Waals surface area contributed by atoms with Crippen LogP contribution in [-0.4, -0.2) is 33.5 Å². The predicted molar refractivity (Wildman–Crippen MR) is 74.1 cm³/mol. The monoisotopic (exact) mass is 270 g/mol. The number of hydrogen-bond donors (Lipinski definition) is 1. The van der Waals surface area contributed by atoms with Gasteiger partial charge in [0.25, 0.3) is 0 Å². The van der Waals surface area contributed by atoms with Crippen molar-refractivity contribution >= 4 is 17.3 Å². The quantitative estimate of drug-likeness (QED) is 0.893. The molecule has 1 rings (SSSR count). The van der Waals surface area contributed by atoms with E-state index in [4.69, 9.17) is 5.11 Å². The van der Waals surface area contributed by atoms with Crippen LogP contribution in [0.15, 0.2) is 0 Å². The van der Waals surface area contributed by atoms with Gasteiger partial charge in [-0.25, -0.2) is 4.98 Å². The molecule has 0 aliphatic rings. The third-order valence-corrected chi connectivity index (χ3v) is 4.68. The molecule has 1 heterocycles. The zero-order valence-electron chi connectivity index (χ0n) is 11.9. The van der Waals surface area contributed by atoms with Crippen molar-refractivity contribution in [2.24, 2.45) is 0 Å². The topological polar surface area (TPSA) is 53.4 Å². The van der Waals surface area contributed by atoms with E-state index in [-0.39, 0.29) is 18.0 Å². The van der Waals surface area contributed by atoms with E-state index in [1.54, 1.807) is 11.3 Å². The van der Waals surface area contributed by atoms with Crippen molar-refractivity contribution in [3.8, 4) is 0 Å². The van der Waals surface area contributed by atoms with E-state index in [1.807, 2.05) is 34.7 Å². The van der Waals surface area contributed by atoms with E-state index in [1.165, 1.54) is 4.88 Å². The molecule has 1 aromatic rings. The fraction of sp³-hybridized carbons (Fsp3) is 0.692. The largest absolute Gasteiger partial charge is 0.481 e. The smallest absolute Gasteiger partial charge is 0.305 e. The molecule has 102 valence electrons.